The molecule has 0 bridgehead atoms. The van der Waals surface area contributed by atoms with E-state index in [1.807, 2.05) is 53.8 Å². The maximum absolute atomic E-state index is 12.4. The van der Waals surface area contributed by atoms with E-state index in [-0.39, 0.29) is 25.9 Å². The maximum Gasteiger partial charge on any atom is 0.329 e. The SMILES string of the molecule is COc1cc(/C=N\NC(=O)C(=O)NCc2ccc3c(c2)OCO3)cc(I)c1OCC(=O)Nc1ccccc1C. The molecule has 4 rings (SSSR count). The maximum atomic E-state index is 12.4. The van der Waals surface area contributed by atoms with Crippen molar-refractivity contribution >= 4 is 52.2 Å². The number of hydrogen-bond donors (Lipinski definition) is 3. The minimum absolute atomic E-state index is 0.131. The molecule has 0 spiro atoms. The quantitative estimate of drug-likeness (QED) is 0.141. The molecule has 39 heavy (non-hydrogen) atoms. The number of carbonyl (C=O) groups excluding carboxylic acids is 3. The summed E-state index contributed by atoms with van der Waals surface area (Å²) in [6, 6.07) is 16.0. The van der Waals surface area contributed by atoms with Gasteiger partial charge in [-0.05, 0) is 76.5 Å². The summed E-state index contributed by atoms with van der Waals surface area (Å²) < 4.78 is 22.3. The van der Waals surface area contributed by atoms with Gasteiger partial charge >= 0.3 is 11.8 Å². The Morgan fingerprint density at radius 2 is 1.85 bits per heavy atom. The number of fused-ring (bicyclic) bond motifs is 1. The number of nitrogens with one attached hydrogen (secondary N) is 3. The largest absolute Gasteiger partial charge is 0.493 e. The van der Waals surface area contributed by atoms with Crippen LogP contribution in [0.4, 0.5) is 5.69 Å². The number of hydrogen-bond acceptors (Lipinski definition) is 8. The van der Waals surface area contributed by atoms with Crippen molar-refractivity contribution in [3.8, 4) is 23.0 Å². The van der Waals surface area contributed by atoms with Gasteiger partial charge in [0.15, 0.2) is 29.6 Å². The Labute approximate surface area is 238 Å². The van der Waals surface area contributed by atoms with Gasteiger partial charge in [-0.15, -0.1) is 0 Å². The van der Waals surface area contributed by atoms with Gasteiger partial charge in [0, 0.05) is 12.2 Å². The molecular weight excluding hydrogens is 619 g/mol. The highest BCUT2D eigenvalue weighted by Gasteiger charge is 2.16. The van der Waals surface area contributed by atoms with E-state index in [0.717, 1.165) is 11.1 Å². The van der Waals surface area contributed by atoms with Crippen LogP contribution in [0.15, 0.2) is 59.7 Å². The topological polar surface area (TPSA) is 137 Å². The molecule has 3 aromatic carbocycles. The number of methoxy groups -OCH3 is 1. The molecule has 0 fully saturated rings. The van der Waals surface area contributed by atoms with Crippen LogP contribution < -0.4 is 35.0 Å². The van der Waals surface area contributed by atoms with Crippen LogP contribution in [0.5, 0.6) is 23.0 Å². The van der Waals surface area contributed by atoms with Crippen LogP contribution in [0.2, 0.25) is 0 Å². The van der Waals surface area contributed by atoms with Gasteiger partial charge < -0.3 is 29.6 Å². The molecule has 1 aliphatic heterocycles. The van der Waals surface area contributed by atoms with Crippen molar-refractivity contribution in [3.63, 3.8) is 0 Å². The second-order valence-electron chi connectivity index (χ2n) is 8.26. The Kier molecular flexibility index (Phi) is 9.20. The molecule has 0 unspecified atom stereocenters. The monoisotopic (exact) mass is 644 g/mol. The lowest BCUT2D eigenvalue weighted by Crippen LogP contribution is -2.37. The first-order chi connectivity index (χ1) is 18.8. The fraction of sp³-hybridized carbons (Fsp3) is 0.185. The summed E-state index contributed by atoms with van der Waals surface area (Å²) >= 11 is 2.05. The summed E-state index contributed by atoms with van der Waals surface area (Å²) in [7, 11) is 1.47. The average molecular weight is 644 g/mol. The smallest absolute Gasteiger partial charge is 0.329 e. The summed E-state index contributed by atoms with van der Waals surface area (Å²) in [6.07, 6.45) is 1.36. The van der Waals surface area contributed by atoms with Gasteiger partial charge in [0.2, 0.25) is 6.79 Å². The van der Waals surface area contributed by atoms with E-state index >= 15 is 0 Å². The van der Waals surface area contributed by atoms with Crippen LogP contribution >= 0.6 is 22.6 Å². The van der Waals surface area contributed by atoms with Crippen LogP contribution in [-0.4, -0.2) is 44.4 Å². The first-order valence-corrected chi connectivity index (χ1v) is 12.8. The van der Waals surface area contributed by atoms with E-state index < -0.39 is 11.8 Å². The van der Waals surface area contributed by atoms with Gasteiger partial charge in [0.1, 0.15) is 0 Å². The van der Waals surface area contributed by atoms with E-state index in [0.29, 0.717) is 37.8 Å². The summed E-state index contributed by atoms with van der Waals surface area (Å²) in [5.41, 5.74) is 5.17. The van der Waals surface area contributed by atoms with Gasteiger partial charge in [0.05, 0.1) is 16.9 Å². The molecule has 1 aliphatic rings. The normalized spacial score (nSPS) is 11.7. The van der Waals surface area contributed by atoms with Gasteiger partial charge in [-0.2, -0.15) is 5.10 Å². The number of aryl methyl sites for hydroxylation is 1. The molecule has 11 nitrogen and oxygen atoms in total. The number of anilines is 1. The number of benzene rings is 3. The molecule has 0 saturated heterocycles. The van der Waals surface area contributed by atoms with Crippen molar-refractivity contribution < 1.29 is 33.3 Å². The van der Waals surface area contributed by atoms with Crippen LogP contribution in [0.3, 0.4) is 0 Å². The summed E-state index contributed by atoms with van der Waals surface area (Å²) in [5, 5.41) is 9.19. The van der Waals surface area contributed by atoms with E-state index in [4.69, 9.17) is 18.9 Å². The highest BCUT2D eigenvalue weighted by Crippen LogP contribution is 2.34. The zero-order valence-corrected chi connectivity index (χ0v) is 23.2. The van der Waals surface area contributed by atoms with E-state index in [1.165, 1.54) is 13.3 Å². The second-order valence-corrected chi connectivity index (χ2v) is 9.42. The summed E-state index contributed by atoms with van der Waals surface area (Å²) in [4.78, 5) is 36.6. The molecule has 202 valence electrons. The fourth-order valence-corrected chi connectivity index (χ4v) is 4.30. The molecule has 0 radical (unpaired) electrons. The molecule has 0 aliphatic carbocycles. The lowest BCUT2D eigenvalue weighted by molar-refractivity contribution is -0.139. The number of rotatable bonds is 9. The summed E-state index contributed by atoms with van der Waals surface area (Å²) in [5.74, 6) is -0.0956. The zero-order valence-electron chi connectivity index (χ0n) is 21.1. The molecule has 12 heteroatoms. The molecule has 1 heterocycles. The first-order valence-electron chi connectivity index (χ1n) is 11.7. The molecule has 3 amide bonds. The standard InChI is InChI=1S/C27H25IN4O7/c1-16-5-3-4-6-20(16)31-24(33)14-37-25-19(28)9-18(11-23(25)36-2)13-30-32-27(35)26(34)29-12-17-7-8-21-22(10-17)39-15-38-21/h3-11,13H,12,14-15H2,1-2H3,(H,29,34)(H,31,33)(H,32,35)/b30-13-. The lowest BCUT2D eigenvalue weighted by atomic mass is 10.2. The van der Waals surface area contributed by atoms with Crippen molar-refractivity contribution in [2.45, 2.75) is 13.5 Å². The van der Waals surface area contributed by atoms with Crippen LogP contribution in [0.25, 0.3) is 0 Å². The zero-order chi connectivity index (χ0) is 27.8. The van der Waals surface area contributed by atoms with Crippen molar-refractivity contribution in [1.29, 1.82) is 0 Å². The Morgan fingerprint density at radius 3 is 2.64 bits per heavy atom. The number of nitrogens with zero attached hydrogens (tertiary/aromatic N) is 1. The number of ether oxygens (including phenoxy) is 4. The Morgan fingerprint density at radius 1 is 1.05 bits per heavy atom. The predicted molar refractivity (Wildman–Crippen MR) is 151 cm³/mol. The molecular formula is C27H25IN4O7. The molecule has 3 aromatic rings. The number of carbonyl (C=O) groups is 3. The summed E-state index contributed by atoms with van der Waals surface area (Å²) in [6.45, 7) is 1.97. The lowest BCUT2D eigenvalue weighted by Gasteiger charge is -2.14. The molecule has 0 aromatic heterocycles. The number of amides is 3. The average Bonchev–Trinajstić information content (AvgIpc) is 3.40. The third kappa shape index (κ3) is 7.37. The van der Waals surface area contributed by atoms with Crippen LogP contribution in [0.1, 0.15) is 16.7 Å². The van der Waals surface area contributed by atoms with Gasteiger partial charge in [0.25, 0.3) is 5.91 Å². The Hall–Kier alpha value is -4.33. The van der Waals surface area contributed by atoms with Crippen molar-refractivity contribution in [3.05, 3.63) is 74.9 Å². The molecule has 0 atom stereocenters. The Balaban J connectivity index is 1.29. The first kappa shape index (κ1) is 27.7. The van der Waals surface area contributed by atoms with Crippen molar-refractivity contribution in [1.82, 2.24) is 10.7 Å². The van der Waals surface area contributed by atoms with Gasteiger partial charge in [-0.3, -0.25) is 14.4 Å². The highest BCUT2D eigenvalue weighted by atomic mass is 127. The van der Waals surface area contributed by atoms with Crippen molar-refractivity contribution in [2.75, 3.05) is 25.8 Å². The predicted octanol–water partition coefficient (Wildman–Crippen LogP) is 3.12. The highest BCUT2D eigenvalue weighted by molar-refractivity contribution is 14.1. The number of hydrazone groups is 1. The van der Waals surface area contributed by atoms with Gasteiger partial charge in [-0.25, -0.2) is 5.43 Å². The number of para-hydroxylation sites is 1. The molecule has 3 N–H and O–H groups in total. The third-order valence-corrected chi connectivity index (χ3v) is 6.30. The van der Waals surface area contributed by atoms with E-state index in [1.54, 1.807) is 30.3 Å². The second kappa shape index (κ2) is 13.0. The van der Waals surface area contributed by atoms with E-state index in [9.17, 15) is 14.4 Å². The minimum Gasteiger partial charge on any atom is -0.493 e. The van der Waals surface area contributed by atoms with E-state index in [2.05, 4.69) is 21.2 Å². The van der Waals surface area contributed by atoms with Crippen molar-refractivity contribution in [2.24, 2.45) is 5.10 Å². The Bertz CT molecular complexity index is 1430. The van der Waals surface area contributed by atoms with Crippen LogP contribution in [0, 0.1) is 10.5 Å². The minimum atomic E-state index is -0.923. The number of halogens is 1. The third-order valence-electron chi connectivity index (χ3n) is 5.49. The fourth-order valence-electron chi connectivity index (χ4n) is 3.52. The van der Waals surface area contributed by atoms with Gasteiger partial charge in [-0.1, -0.05) is 24.3 Å². The molecule has 0 saturated carbocycles. The van der Waals surface area contributed by atoms with Crippen LogP contribution in [-0.2, 0) is 20.9 Å².